The maximum Gasteiger partial charge on any atom is 0.282 e. The smallest absolute Gasteiger partial charge is 0.282 e. The largest absolute Gasteiger partial charge is 0.478 e. The van der Waals surface area contributed by atoms with Gasteiger partial charge in [-0.2, -0.15) is 4.98 Å². The lowest BCUT2D eigenvalue weighted by Gasteiger charge is -2.39. The van der Waals surface area contributed by atoms with Gasteiger partial charge in [0.25, 0.3) is 23.3 Å². The van der Waals surface area contributed by atoms with E-state index >= 15 is 0 Å². The summed E-state index contributed by atoms with van der Waals surface area (Å²) in [5.41, 5.74) is 0.462. The van der Waals surface area contributed by atoms with Gasteiger partial charge in [0.05, 0.1) is 25.3 Å². The molecule has 4 rings (SSSR count). The Morgan fingerprint density at radius 3 is 2.49 bits per heavy atom. The van der Waals surface area contributed by atoms with Crippen LogP contribution in [-0.4, -0.2) is 77.4 Å². The van der Waals surface area contributed by atoms with Crippen molar-refractivity contribution in [1.82, 2.24) is 19.8 Å². The van der Waals surface area contributed by atoms with E-state index in [1.807, 2.05) is 12.5 Å². The summed E-state index contributed by atoms with van der Waals surface area (Å²) in [7, 11) is 1.90. The summed E-state index contributed by atoms with van der Waals surface area (Å²) >= 11 is 0. The molecule has 0 aliphatic carbocycles. The molecule has 2 N–H and O–H groups in total. The maximum atomic E-state index is 14.2. The fourth-order valence-corrected chi connectivity index (χ4v) is 5.15. The number of hydrogen-bond acceptors (Lipinski definition) is 7. The topological polar surface area (TPSA) is 115 Å². The van der Waals surface area contributed by atoms with E-state index in [0.29, 0.717) is 23.5 Å². The number of aromatic nitrogens is 2. The first-order valence-electron chi connectivity index (χ1n) is 13.3. The molecule has 14 heteroatoms. The highest BCUT2D eigenvalue weighted by molar-refractivity contribution is 8.28. The summed E-state index contributed by atoms with van der Waals surface area (Å²) in [4.78, 5) is 44.5. The number of rotatable bonds is 11. The minimum absolute atomic E-state index is 0.000169. The van der Waals surface area contributed by atoms with Crippen molar-refractivity contribution in [1.29, 1.82) is 0 Å². The Kier molecular flexibility index (Phi) is 9.52. The monoisotopic (exact) mass is 621 g/mol. The molecule has 1 saturated heterocycles. The van der Waals surface area contributed by atoms with Gasteiger partial charge < -0.3 is 29.0 Å². The van der Waals surface area contributed by atoms with Crippen molar-refractivity contribution in [2.75, 3.05) is 50.5 Å². The molecule has 232 valence electrons. The number of carbonyl (C=O) groups is 2. The molecule has 3 heterocycles. The molecule has 0 spiro atoms. The first-order chi connectivity index (χ1) is 20.2. The Labute approximate surface area is 248 Å². The summed E-state index contributed by atoms with van der Waals surface area (Å²) in [6.07, 6.45) is 5.64. The van der Waals surface area contributed by atoms with Gasteiger partial charge in [-0.15, -0.1) is 10.3 Å². The molecule has 0 saturated carbocycles. The SMILES string of the molecule is CCOc1cc(-c2ccc(F)cc2C(=O)N2CC(F)(F)C2)cc(NC(=O)c2cc(CNCS(C)(C)OC)cn(C)c2=O)n1. The summed E-state index contributed by atoms with van der Waals surface area (Å²) in [6.45, 7) is 0.804. The highest BCUT2D eigenvalue weighted by atomic mass is 32.3. The van der Waals surface area contributed by atoms with Crippen molar-refractivity contribution in [2.45, 2.75) is 19.4 Å². The van der Waals surface area contributed by atoms with Crippen LogP contribution in [-0.2, 0) is 17.8 Å². The molecular formula is C29H34F3N5O5S. The summed E-state index contributed by atoms with van der Waals surface area (Å²) in [5, 5.41) is 5.90. The second-order valence-corrected chi connectivity index (χ2v) is 14.0. The zero-order chi connectivity index (χ0) is 31.5. The molecule has 2 aromatic heterocycles. The van der Waals surface area contributed by atoms with Crippen LogP contribution >= 0.6 is 10.3 Å². The highest BCUT2D eigenvalue weighted by Crippen LogP contribution is 2.38. The molecular weight excluding hydrogens is 587 g/mol. The van der Waals surface area contributed by atoms with Crippen LogP contribution < -0.4 is 20.9 Å². The number of benzene rings is 1. The van der Waals surface area contributed by atoms with E-state index in [9.17, 15) is 27.6 Å². The van der Waals surface area contributed by atoms with Crippen LogP contribution in [0.5, 0.6) is 5.88 Å². The number of carbonyl (C=O) groups excluding carboxylic acids is 2. The number of anilines is 1. The van der Waals surface area contributed by atoms with Crippen molar-refractivity contribution in [3.8, 4) is 17.0 Å². The van der Waals surface area contributed by atoms with E-state index in [-0.39, 0.29) is 35.0 Å². The van der Waals surface area contributed by atoms with Gasteiger partial charge in [0.15, 0.2) is 0 Å². The number of nitrogens with one attached hydrogen (secondary N) is 2. The van der Waals surface area contributed by atoms with Gasteiger partial charge in [-0.3, -0.25) is 14.4 Å². The molecule has 1 aliphatic rings. The molecule has 0 bridgehead atoms. The number of amides is 2. The molecule has 2 amide bonds. The third-order valence-corrected chi connectivity index (χ3v) is 8.51. The molecule has 43 heavy (non-hydrogen) atoms. The fourth-order valence-electron chi connectivity index (χ4n) is 4.44. The van der Waals surface area contributed by atoms with Crippen LogP contribution in [0.4, 0.5) is 19.0 Å². The number of pyridine rings is 2. The number of alkyl halides is 2. The van der Waals surface area contributed by atoms with Gasteiger partial charge in [0, 0.05) is 38.8 Å². The second-order valence-electron chi connectivity index (χ2n) is 10.5. The number of hydrogen-bond donors (Lipinski definition) is 2. The van der Waals surface area contributed by atoms with Gasteiger partial charge in [-0.25, -0.2) is 13.2 Å². The van der Waals surface area contributed by atoms with E-state index in [2.05, 4.69) is 15.6 Å². The third kappa shape index (κ3) is 7.75. The van der Waals surface area contributed by atoms with Crippen LogP contribution in [0.2, 0.25) is 0 Å². The Morgan fingerprint density at radius 1 is 1.12 bits per heavy atom. The summed E-state index contributed by atoms with van der Waals surface area (Å²) in [6, 6.07) is 7.87. The number of nitrogens with zero attached hydrogens (tertiary/aromatic N) is 3. The number of likely N-dealkylation sites (tertiary alicyclic amines) is 1. The average Bonchev–Trinajstić information content (AvgIpc) is 2.93. The first kappa shape index (κ1) is 32.0. The quantitative estimate of drug-likeness (QED) is 0.333. The Hall–Kier alpha value is -3.88. The first-order valence-corrected chi connectivity index (χ1v) is 15.9. The van der Waals surface area contributed by atoms with Crippen molar-refractivity contribution >= 4 is 27.9 Å². The van der Waals surface area contributed by atoms with E-state index < -0.39 is 52.5 Å². The van der Waals surface area contributed by atoms with Crippen molar-refractivity contribution in [3.05, 3.63) is 75.5 Å². The minimum Gasteiger partial charge on any atom is -0.478 e. The molecule has 0 atom stereocenters. The van der Waals surface area contributed by atoms with Crippen LogP contribution in [0.1, 0.15) is 33.2 Å². The standard InChI is InChI=1S/C29H34F3N5O5S/c1-6-42-25-11-19(21-8-7-20(30)12-22(21)28(40)37-15-29(31,32)16-37)10-24(34-25)35-26(38)23-9-18(14-36(2)27(23)39)13-33-17-43(4,5)41-3/h7-12,14,33H,6,13,15-17H2,1-5H3,(H,34,35,38). The zero-order valence-electron chi connectivity index (χ0n) is 24.5. The molecule has 0 radical (unpaired) electrons. The molecule has 3 aromatic rings. The average molecular weight is 622 g/mol. The Morgan fingerprint density at radius 2 is 1.84 bits per heavy atom. The molecule has 1 fully saturated rings. The van der Waals surface area contributed by atoms with Crippen LogP contribution in [0.25, 0.3) is 11.1 Å². The molecule has 10 nitrogen and oxygen atoms in total. The van der Waals surface area contributed by atoms with Crippen LogP contribution in [0.15, 0.2) is 47.4 Å². The maximum absolute atomic E-state index is 14.2. The van der Waals surface area contributed by atoms with Crippen molar-refractivity contribution in [2.24, 2.45) is 7.05 Å². The van der Waals surface area contributed by atoms with Crippen molar-refractivity contribution in [3.63, 3.8) is 0 Å². The van der Waals surface area contributed by atoms with E-state index in [1.165, 1.54) is 28.8 Å². The number of halogens is 3. The van der Waals surface area contributed by atoms with Gasteiger partial charge in [0.2, 0.25) is 5.88 Å². The van der Waals surface area contributed by atoms with Crippen LogP contribution in [0, 0.1) is 5.82 Å². The summed E-state index contributed by atoms with van der Waals surface area (Å²) < 4.78 is 53.5. The Balaban J connectivity index is 1.64. The van der Waals surface area contributed by atoms with E-state index in [1.54, 1.807) is 27.3 Å². The lowest BCUT2D eigenvalue weighted by Crippen LogP contribution is -2.58. The third-order valence-electron chi connectivity index (χ3n) is 6.70. The lowest BCUT2D eigenvalue weighted by molar-refractivity contribution is -0.113. The predicted octanol–water partition coefficient (Wildman–Crippen LogP) is 4.00. The van der Waals surface area contributed by atoms with E-state index in [4.69, 9.17) is 8.92 Å². The van der Waals surface area contributed by atoms with Crippen molar-refractivity contribution < 1.29 is 31.7 Å². The molecule has 1 aromatic carbocycles. The summed E-state index contributed by atoms with van der Waals surface area (Å²) in [5.74, 6) is -4.50. The molecule has 1 aliphatic heterocycles. The van der Waals surface area contributed by atoms with E-state index in [0.717, 1.165) is 17.0 Å². The number of ether oxygens (including phenoxy) is 1. The highest BCUT2D eigenvalue weighted by Gasteiger charge is 2.46. The van der Waals surface area contributed by atoms with Crippen LogP contribution in [0.3, 0.4) is 0 Å². The van der Waals surface area contributed by atoms with Gasteiger partial charge in [-0.1, -0.05) is 6.07 Å². The number of aryl methyl sites for hydroxylation is 1. The van der Waals surface area contributed by atoms with Gasteiger partial charge in [0.1, 0.15) is 17.2 Å². The predicted molar refractivity (Wildman–Crippen MR) is 159 cm³/mol. The van der Waals surface area contributed by atoms with Gasteiger partial charge in [-0.05, 0) is 60.4 Å². The zero-order valence-corrected chi connectivity index (χ0v) is 25.3. The fraction of sp³-hybridized carbons (Fsp3) is 0.379. The normalized spacial score (nSPS) is 14.7. The second kappa shape index (κ2) is 12.8. The lowest BCUT2D eigenvalue weighted by atomic mass is 9.97. The molecule has 0 unspecified atom stereocenters. The minimum atomic E-state index is -2.99. The van der Waals surface area contributed by atoms with Gasteiger partial charge >= 0.3 is 0 Å². The Bertz CT molecular complexity index is 1590.